The lowest BCUT2D eigenvalue weighted by molar-refractivity contribution is 0.416. The summed E-state index contributed by atoms with van der Waals surface area (Å²) in [6.45, 7) is 1.50. The standard InChI is InChI=1S/C34H28N8O15S4/c1-15-5-26(29(57-2)13-24(15)38-41-27-10-19(58(45,46)47)6-17-7-20(59(48,49)50)11-28(43)32(17)27)40-42-33-31(61(54,55)56)8-16-3-4-18(9-21(16)34(33)44)37-39-25-14-30(60(51,52)53)23(36)12-22(25)35/h3-14,43-44H,35-36H2,1-2H3,(H,45,46,47)(H,48,49,50)(H,51,52,53)(H,54,55,56). The maximum atomic E-state index is 12.5. The van der Waals surface area contributed by atoms with Gasteiger partial charge in [0.15, 0.2) is 5.75 Å². The fraction of sp³-hybridized carbons (Fsp3) is 0.0588. The average Bonchev–Trinajstić information content (AvgIpc) is 3.14. The molecule has 10 N–H and O–H groups in total. The number of hydrogen-bond donors (Lipinski definition) is 8. The molecular weight excluding hydrogens is 889 g/mol. The molecule has 23 nitrogen and oxygen atoms in total. The Kier molecular flexibility index (Phi) is 11.3. The van der Waals surface area contributed by atoms with Gasteiger partial charge >= 0.3 is 0 Å². The lowest BCUT2D eigenvalue weighted by Crippen LogP contribution is -2.04. The number of nitrogens with zero attached hydrogens (tertiary/aromatic N) is 6. The number of nitrogen functional groups attached to an aromatic ring is 2. The van der Waals surface area contributed by atoms with Gasteiger partial charge in [-0.3, -0.25) is 18.2 Å². The number of nitrogens with two attached hydrogens (primary N) is 2. The Balaban J connectivity index is 1.41. The van der Waals surface area contributed by atoms with E-state index in [9.17, 15) is 62.1 Å². The van der Waals surface area contributed by atoms with Crippen LogP contribution in [0.3, 0.4) is 0 Å². The highest BCUT2D eigenvalue weighted by Crippen LogP contribution is 2.45. The highest BCUT2D eigenvalue weighted by atomic mass is 32.2. The third-order valence-corrected chi connectivity index (χ3v) is 12.0. The van der Waals surface area contributed by atoms with Crippen LogP contribution in [0.2, 0.25) is 0 Å². The molecule has 6 aromatic rings. The Bertz CT molecular complexity index is 3410. The number of aromatic hydroxyl groups is 2. The van der Waals surface area contributed by atoms with E-state index in [1.54, 1.807) is 0 Å². The number of phenolic OH excluding ortho intramolecular Hbond substituents is 2. The van der Waals surface area contributed by atoms with Crippen molar-refractivity contribution in [2.45, 2.75) is 26.5 Å². The first-order valence-electron chi connectivity index (χ1n) is 16.4. The minimum atomic E-state index is -5.06. The fourth-order valence-electron chi connectivity index (χ4n) is 5.73. The van der Waals surface area contributed by atoms with E-state index in [1.807, 2.05) is 0 Å². The normalized spacial score (nSPS) is 13.0. The molecule has 0 aliphatic carbocycles. The van der Waals surface area contributed by atoms with Gasteiger partial charge in [0.05, 0.1) is 50.7 Å². The smallest absolute Gasteiger partial charge is 0.296 e. The van der Waals surface area contributed by atoms with Gasteiger partial charge in [-0.2, -0.15) is 43.9 Å². The number of hydrogen-bond acceptors (Lipinski definition) is 19. The number of rotatable bonds is 11. The van der Waals surface area contributed by atoms with E-state index < -0.39 is 77.2 Å². The van der Waals surface area contributed by atoms with Crippen LogP contribution in [0.15, 0.2) is 123 Å². The van der Waals surface area contributed by atoms with Crippen molar-refractivity contribution < 1.29 is 66.8 Å². The van der Waals surface area contributed by atoms with E-state index >= 15 is 0 Å². The van der Waals surface area contributed by atoms with Crippen LogP contribution in [0.25, 0.3) is 21.5 Å². The van der Waals surface area contributed by atoms with E-state index in [-0.39, 0.29) is 72.7 Å². The molecule has 6 aromatic carbocycles. The minimum Gasteiger partial charge on any atom is -0.507 e. The lowest BCUT2D eigenvalue weighted by Gasteiger charge is -2.11. The first kappa shape index (κ1) is 43.8. The molecule has 0 amide bonds. The van der Waals surface area contributed by atoms with Crippen LogP contribution >= 0.6 is 0 Å². The van der Waals surface area contributed by atoms with Crippen molar-refractivity contribution in [1.29, 1.82) is 0 Å². The zero-order chi connectivity index (χ0) is 45.0. The summed E-state index contributed by atoms with van der Waals surface area (Å²) in [6.07, 6.45) is 0. The number of ether oxygens (including phenoxy) is 1. The molecule has 318 valence electrons. The molecule has 0 heterocycles. The highest BCUT2D eigenvalue weighted by Gasteiger charge is 2.24. The Morgan fingerprint density at radius 2 is 1.13 bits per heavy atom. The van der Waals surface area contributed by atoms with Crippen molar-refractivity contribution in [3.8, 4) is 17.2 Å². The van der Waals surface area contributed by atoms with Crippen molar-refractivity contribution in [2.24, 2.45) is 30.7 Å². The van der Waals surface area contributed by atoms with E-state index in [1.165, 1.54) is 44.4 Å². The molecule has 0 aliphatic heterocycles. The van der Waals surface area contributed by atoms with Crippen LogP contribution in [-0.2, 0) is 40.5 Å². The SMILES string of the molecule is COc1cc(N=Nc2cc(S(=O)(=O)O)cc3cc(S(=O)(=O)O)cc(O)c23)c(C)cc1N=Nc1c(S(=O)(=O)O)cc2ccc(N=Nc3cc(S(=O)(=O)O)c(N)cc3N)cc2c1O. The number of phenols is 2. The topological polar surface area (TPSA) is 393 Å². The zero-order valence-electron chi connectivity index (χ0n) is 30.8. The Labute approximate surface area is 344 Å². The van der Waals surface area contributed by atoms with E-state index in [0.29, 0.717) is 6.07 Å². The molecule has 0 atom stereocenters. The second-order valence-electron chi connectivity index (χ2n) is 12.7. The molecule has 27 heteroatoms. The van der Waals surface area contributed by atoms with Gasteiger partial charge < -0.3 is 26.4 Å². The molecule has 0 aromatic heterocycles. The number of azo groups is 3. The second kappa shape index (κ2) is 15.7. The van der Waals surface area contributed by atoms with Crippen molar-refractivity contribution in [2.75, 3.05) is 18.6 Å². The largest absolute Gasteiger partial charge is 0.507 e. The number of benzene rings is 6. The predicted octanol–water partition coefficient (Wildman–Crippen LogP) is 7.12. The summed E-state index contributed by atoms with van der Waals surface area (Å²) in [7, 11) is -18.4. The summed E-state index contributed by atoms with van der Waals surface area (Å²) in [5.41, 5.74) is 10.0. The van der Waals surface area contributed by atoms with Gasteiger partial charge in [-0.1, -0.05) is 6.07 Å². The van der Waals surface area contributed by atoms with Crippen LogP contribution in [-0.4, -0.2) is 69.2 Å². The average molecular weight is 917 g/mol. The summed E-state index contributed by atoms with van der Waals surface area (Å²) in [5.74, 6) is -1.61. The van der Waals surface area contributed by atoms with Crippen molar-refractivity contribution in [3.05, 3.63) is 78.4 Å². The van der Waals surface area contributed by atoms with Crippen LogP contribution in [0, 0.1) is 6.92 Å². The summed E-state index contributed by atoms with van der Waals surface area (Å²) < 4.78 is 140. The molecule has 6 rings (SSSR count). The molecule has 61 heavy (non-hydrogen) atoms. The molecule has 0 radical (unpaired) electrons. The lowest BCUT2D eigenvalue weighted by atomic mass is 10.1. The summed E-state index contributed by atoms with van der Waals surface area (Å²) >= 11 is 0. The zero-order valence-corrected chi connectivity index (χ0v) is 34.0. The molecule has 0 spiro atoms. The summed E-state index contributed by atoms with van der Waals surface area (Å²) in [4.78, 5) is -3.07. The van der Waals surface area contributed by atoms with Gasteiger partial charge in [-0.05, 0) is 77.9 Å². The first-order chi connectivity index (χ1) is 28.3. The predicted molar refractivity (Wildman–Crippen MR) is 216 cm³/mol. The van der Waals surface area contributed by atoms with E-state index in [2.05, 4.69) is 30.7 Å². The van der Waals surface area contributed by atoms with Gasteiger partial charge in [0, 0.05) is 17.5 Å². The van der Waals surface area contributed by atoms with Gasteiger partial charge in [-0.25, -0.2) is 0 Å². The van der Waals surface area contributed by atoms with Crippen molar-refractivity contribution >= 4 is 108 Å². The van der Waals surface area contributed by atoms with Gasteiger partial charge in [-0.15, -0.1) is 20.5 Å². The van der Waals surface area contributed by atoms with E-state index in [4.69, 9.17) is 16.2 Å². The van der Waals surface area contributed by atoms with Crippen LogP contribution in [0.5, 0.6) is 17.2 Å². The Morgan fingerprint density at radius 1 is 0.541 bits per heavy atom. The highest BCUT2D eigenvalue weighted by molar-refractivity contribution is 7.86. The van der Waals surface area contributed by atoms with Crippen molar-refractivity contribution in [1.82, 2.24) is 0 Å². The quantitative estimate of drug-likeness (QED) is 0.0364. The first-order valence-corrected chi connectivity index (χ1v) is 22.2. The molecule has 0 bridgehead atoms. The van der Waals surface area contributed by atoms with E-state index in [0.717, 1.165) is 36.4 Å². The third kappa shape index (κ3) is 9.22. The Morgan fingerprint density at radius 3 is 1.74 bits per heavy atom. The second-order valence-corrected chi connectivity index (χ2v) is 18.3. The minimum absolute atomic E-state index is 0.0211. The number of anilines is 2. The molecule has 0 unspecified atom stereocenters. The fourth-order valence-corrected chi connectivity index (χ4v) is 8.07. The maximum absolute atomic E-state index is 12.5. The summed E-state index contributed by atoms with van der Waals surface area (Å²) in [6, 6.07) is 12.6. The van der Waals surface area contributed by atoms with Crippen LogP contribution < -0.4 is 16.2 Å². The molecule has 0 saturated carbocycles. The Hall–Kier alpha value is -6.72. The van der Waals surface area contributed by atoms with Gasteiger partial charge in [0.25, 0.3) is 40.5 Å². The monoisotopic (exact) mass is 916 g/mol. The molecular formula is C34H28N8O15S4. The third-order valence-electron chi connectivity index (χ3n) is 8.60. The van der Waals surface area contributed by atoms with Gasteiger partial charge in [0.2, 0.25) is 0 Å². The number of methoxy groups -OCH3 is 1. The van der Waals surface area contributed by atoms with Gasteiger partial charge in [0.1, 0.15) is 38.4 Å². The van der Waals surface area contributed by atoms with Crippen molar-refractivity contribution in [3.63, 3.8) is 0 Å². The number of fused-ring (bicyclic) bond motifs is 2. The molecule has 0 fully saturated rings. The maximum Gasteiger partial charge on any atom is 0.296 e. The number of aryl methyl sites for hydroxylation is 1. The molecule has 0 aliphatic rings. The molecule has 0 saturated heterocycles. The van der Waals surface area contributed by atoms with Crippen LogP contribution in [0.4, 0.5) is 45.5 Å². The van der Waals surface area contributed by atoms with Crippen LogP contribution in [0.1, 0.15) is 5.56 Å². The summed E-state index contributed by atoms with van der Waals surface area (Å²) in [5, 5.41) is 45.4.